The summed E-state index contributed by atoms with van der Waals surface area (Å²) in [6.07, 6.45) is 5.31. The Bertz CT molecular complexity index is 1940. The van der Waals surface area contributed by atoms with Crippen molar-refractivity contribution >= 4 is 43.4 Å². The van der Waals surface area contributed by atoms with E-state index in [0.29, 0.717) is 53.9 Å². The van der Waals surface area contributed by atoms with E-state index in [2.05, 4.69) is 10.6 Å². The second-order valence-corrected chi connectivity index (χ2v) is 15.2. The number of unbranched alkanes of at least 4 members (excludes halogenated alkanes) is 2. The van der Waals surface area contributed by atoms with Crippen LogP contribution in [-0.4, -0.2) is 66.2 Å². The van der Waals surface area contributed by atoms with E-state index in [0.717, 1.165) is 7.11 Å². The first kappa shape index (κ1) is 38.4. The number of ketones is 1. The molecule has 262 valence electrons. The van der Waals surface area contributed by atoms with E-state index >= 15 is 0 Å². The van der Waals surface area contributed by atoms with Gasteiger partial charge in [0.2, 0.25) is 0 Å². The van der Waals surface area contributed by atoms with E-state index in [9.17, 15) is 40.6 Å². The van der Waals surface area contributed by atoms with Gasteiger partial charge >= 0.3 is 5.97 Å². The van der Waals surface area contributed by atoms with Crippen LogP contribution in [-0.2, 0) is 40.7 Å². The van der Waals surface area contributed by atoms with Gasteiger partial charge in [0, 0.05) is 41.4 Å². The molecule has 5 rings (SSSR count). The Morgan fingerprint density at radius 3 is 2.00 bits per heavy atom. The summed E-state index contributed by atoms with van der Waals surface area (Å²) in [5.74, 6) is -1.55. The molecular formula is C33H42N2O11S2. The van der Waals surface area contributed by atoms with Crippen LogP contribution in [0.15, 0.2) is 80.9 Å². The van der Waals surface area contributed by atoms with Crippen LogP contribution in [0.25, 0.3) is 0 Å². The smallest absolute Gasteiger partial charge is 0.303 e. The van der Waals surface area contributed by atoms with Gasteiger partial charge in [-0.15, -0.1) is 0 Å². The van der Waals surface area contributed by atoms with Gasteiger partial charge in [-0.2, -0.15) is 16.8 Å². The molecule has 2 unspecified atom stereocenters. The summed E-state index contributed by atoms with van der Waals surface area (Å²) < 4.78 is 66.3. The average Bonchev–Trinajstić information content (AvgIpc) is 3.42. The van der Waals surface area contributed by atoms with Crippen molar-refractivity contribution in [3.63, 3.8) is 0 Å². The maximum atomic E-state index is 13.4. The Kier molecular flexibility index (Phi) is 11.1. The van der Waals surface area contributed by atoms with Crippen LogP contribution in [0, 0.1) is 0 Å². The molecule has 0 saturated heterocycles. The largest absolute Gasteiger partial charge is 0.506 e. The molecule has 0 spiro atoms. The van der Waals surface area contributed by atoms with Crippen LogP contribution in [0.2, 0.25) is 0 Å². The number of carboxylic acids is 1. The van der Waals surface area contributed by atoms with Gasteiger partial charge in [-0.3, -0.25) is 18.7 Å². The number of anilines is 2. The molecule has 0 fully saturated rings. The van der Waals surface area contributed by atoms with Crippen LogP contribution in [0.1, 0.15) is 71.4 Å². The van der Waals surface area contributed by atoms with Crippen LogP contribution < -0.4 is 10.6 Å². The maximum Gasteiger partial charge on any atom is 0.303 e. The molecule has 7 N–H and O–H groups in total. The van der Waals surface area contributed by atoms with E-state index in [1.807, 2.05) is 20.8 Å². The van der Waals surface area contributed by atoms with E-state index in [1.54, 1.807) is 6.08 Å². The number of hydrogen-bond acceptors (Lipinski definition) is 10. The van der Waals surface area contributed by atoms with Crippen molar-refractivity contribution in [3.05, 3.63) is 82.3 Å². The second-order valence-electron chi connectivity index (χ2n) is 12.3. The molecule has 0 bridgehead atoms. The summed E-state index contributed by atoms with van der Waals surface area (Å²) in [4.78, 5) is 23.8. The summed E-state index contributed by atoms with van der Waals surface area (Å²) in [7, 11) is -7.91. The lowest BCUT2D eigenvalue weighted by Crippen LogP contribution is -2.36. The van der Waals surface area contributed by atoms with Crippen molar-refractivity contribution in [3.8, 4) is 0 Å². The zero-order chi connectivity index (χ0) is 35.1. The number of Topliss-reactive ketones (excluding diaryl/α,β-unsaturated/α-hetero) is 1. The predicted octanol–water partition coefficient (Wildman–Crippen LogP) is 5.12. The van der Waals surface area contributed by atoms with Crippen LogP contribution in [0.4, 0.5) is 11.4 Å². The van der Waals surface area contributed by atoms with Crippen LogP contribution in [0.3, 0.4) is 0 Å². The standard InChI is InChI=1S/C31H34N2O10S2.CH4O.CH4/c1-30(2)21-13-17(44(38,39)40)8-10-23(21)32-25(30)15-19-28(36)20(29(19)37)16-26-31(3,12-6-4-5-7-27(34)35)22-14-18(45(41,42)43)9-11-24(22)33-26;1-2;/h8-11,13-16,26,32-33,36H,4-7,12H2,1-3H3,(H,34,35)(H,38,39,40)(H,41,42,43);2H,1H3;1H4/b20-16+,25-15+;;. The molecule has 13 nitrogen and oxygen atoms in total. The SMILES string of the molecule is C.CC1(C)/C(=C\C2=C(O)C(=C\C3Nc4ccc(S(=O)(=O)O)cc4C3(C)CCCCCC(=O)O)/C2=O)Nc2ccc(S(=O)(=O)O)cc21.CO. The Morgan fingerprint density at radius 1 is 0.896 bits per heavy atom. The summed E-state index contributed by atoms with van der Waals surface area (Å²) >= 11 is 0. The zero-order valence-electron chi connectivity index (χ0n) is 26.2. The van der Waals surface area contributed by atoms with Crippen molar-refractivity contribution in [1.29, 1.82) is 0 Å². The van der Waals surface area contributed by atoms with Gasteiger partial charge in [-0.25, -0.2) is 0 Å². The monoisotopic (exact) mass is 706 g/mol. The lowest BCUT2D eigenvalue weighted by atomic mass is 9.72. The fourth-order valence-corrected chi connectivity index (χ4v) is 7.27. The number of aliphatic hydroxyl groups excluding tert-OH is 2. The zero-order valence-corrected chi connectivity index (χ0v) is 27.9. The van der Waals surface area contributed by atoms with Gasteiger partial charge in [0.25, 0.3) is 20.2 Å². The number of carbonyl (C=O) groups excluding carboxylic acids is 1. The lowest BCUT2D eigenvalue weighted by molar-refractivity contribution is -0.137. The van der Waals surface area contributed by atoms with Crippen molar-refractivity contribution in [2.75, 3.05) is 17.7 Å². The van der Waals surface area contributed by atoms with E-state index in [-0.39, 0.29) is 40.5 Å². The quantitative estimate of drug-likeness (QED) is 0.0968. The molecule has 2 aromatic rings. The van der Waals surface area contributed by atoms with Gasteiger partial charge in [-0.05, 0) is 72.5 Å². The number of carboxylic acid groups (broad SMARTS) is 1. The highest BCUT2D eigenvalue weighted by molar-refractivity contribution is 7.86. The van der Waals surface area contributed by atoms with Gasteiger partial charge in [0.05, 0.1) is 27.0 Å². The molecular weight excluding hydrogens is 665 g/mol. The number of benzene rings is 2. The van der Waals surface area contributed by atoms with Crippen molar-refractivity contribution in [2.24, 2.45) is 0 Å². The minimum atomic E-state index is -4.49. The lowest BCUT2D eigenvalue weighted by Gasteiger charge is -2.32. The van der Waals surface area contributed by atoms with E-state index in [4.69, 9.17) is 10.2 Å². The van der Waals surface area contributed by atoms with Crippen molar-refractivity contribution in [1.82, 2.24) is 0 Å². The van der Waals surface area contributed by atoms with Crippen molar-refractivity contribution < 1.29 is 50.8 Å². The molecule has 0 aromatic heterocycles. The minimum Gasteiger partial charge on any atom is -0.506 e. The Morgan fingerprint density at radius 2 is 1.46 bits per heavy atom. The minimum absolute atomic E-state index is 0. The fourth-order valence-electron chi connectivity index (χ4n) is 6.25. The number of aliphatic hydroxyl groups is 2. The highest BCUT2D eigenvalue weighted by Gasteiger charge is 2.45. The number of allylic oxidation sites excluding steroid dienone is 4. The number of carbonyl (C=O) groups is 2. The number of rotatable bonds is 10. The van der Waals surface area contributed by atoms with Crippen LogP contribution in [0.5, 0.6) is 0 Å². The van der Waals surface area contributed by atoms with Gasteiger partial charge in [0.15, 0.2) is 5.78 Å². The maximum absolute atomic E-state index is 13.4. The Balaban J connectivity index is 0.00000204. The molecule has 0 amide bonds. The number of nitrogens with one attached hydrogen (secondary N) is 2. The topological polar surface area (TPSA) is 228 Å². The third-order valence-electron chi connectivity index (χ3n) is 9.01. The molecule has 15 heteroatoms. The summed E-state index contributed by atoms with van der Waals surface area (Å²) in [5.41, 5.74) is 1.49. The highest BCUT2D eigenvalue weighted by Crippen LogP contribution is 2.48. The average molecular weight is 707 g/mol. The third-order valence-corrected chi connectivity index (χ3v) is 10.7. The fraction of sp³-hybridized carbons (Fsp3) is 0.394. The molecule has 0 saturated carbocycles. The first-order valence-electron chi connectivity index (χ1n) is 14.7. The first-order valence-corrected chi connectivity index (χ1v) is 17.6. The summed E-state index contributed by atoms with van der Waals surface area (Å²) in [6.45, 7) is 5.51. The third kappa shape index (κ3) is 7.20. The van der Waals surface area contributed by atoms with Gasteiger partial charge in [0.1, 0.15) is 5.76 Å². The number of aliphatic carboxylic acids is 1. The first-order chi connectivity index (χ1) is 21.8. The molecule has 3 aliphatic rings. The molecule has 2 aromatic carbocycles. The molecule has 2 atom stereocenters. The number of hydrogen-bond donors (Lipinski definition) is 7. The normalized spacial score (nSPS) is 22.5. The molecule has 1 aliphatic carbocycles. The van der Waals surface area contributed by atoms with Gasteiger partial charge in [-0.1, -0.05) is 41.0 Å². The number of fused-ring (bicyclic) bond motifs is 2. The Hall–Kier alpha value is -4.02. The molecule has 0 radical (unpaired) electrons. The van der Waals surface area contributed by atoms with E-state index < -0.39 is 48.9 Å². The van der Waals surface area contributed by atoms with Crippen LogP contribution >= 0.6 is 0 Å². The van der Waals surface area contributed by atoms with Gasteiger partial charge < -0.3 is 26.0 Å². The Labute approximate surface area is 280 Å². The second kappa shape index (κ2) is 13.8. The summed E-state index contributed by atoms with van der Waals surface area (Å²) in [5, 5.41) is 33.5. The highest BCUT2D eigenvalue weighted by atomic mass is 32.2. The predicted molar refractivity (Wildman–Crippen MR) is 180 cm³/mol. The van der Waals surface area contributed by atoms with E-state index in [1.165, 1.54) is 42.5 Å². The molecule has 2 aliphatic heterocycles. The molecule has 48 heavy (non-hydrogen) atoms. The molecule has 2 heterocycles. The summed E-state index contributed by atoms with van der Waals surface area (Å²) in [6, 6.07) is 7.78. The van der Waals surface area contributed by atoms with Crippen molar-refractivity contribution in [2.45, 2.75) is 87.0 Å².